The van der Waals surface area contributed by atoms with Crippen LogP contribution >= 0.6 is 0 Å². The number of hydrogen-bond acceptors (Lipinski definition) is 6. The van der Waals surface area contributed by atoms with Crippen LogP contribution in [0.4, 0.5) is 0 Å². The molecule has 0 radical (unpaired) electrons. The summed E-state index contributed by atoms with van der Waals surface area (Å²) in [5, 5.41) is 6.39. The molecular weight excluding hydrogens is 350 g/mol. The van der Waals surface area contributed by atoms with E-state index < -0.39 is 5.91 Å². The van der Waals surface area contributed by atoms with Gasteiger partial charge in [0, 0.05) is 11.1 Å². The van der Waals surface area contributed by atoms with E-state index in [2.05, 4.69) is 15.8 Å². The van der Waals surface area contributed by atoms with E-state index in [9.17, 15) is 9.59 Å². The summed E-state index contributed by atoms with van der Waals surface area (Å²) in [6.07, 6.45) is 1.44. The Morgan fingerprint density at radius 1 is 1.00 bits per heavy atom. The number of hydrogen-bond donors (Lipinski definition) is 2. The van der Waals surface area contributed by atoms with Crippen molar-refractivity contribution in [1.29, 1.82) is 0 Å². The number of nitrogens with zero attached hydrogens (tertiary/aromatic N) is 1. The summed E-state index contributed by atoms with van der Waals surface area (Å²) in [7, 11) is 4.59. The first kappa shape index (κ1) is 19.8. The lowest BCUT2D eigenvalue weighted by Crippen LogP contribution is -2.34. The molecule has 0 bridgehead atoms. The molecule has 2 amide bonds. The lowest BCUT2D eigenvalue weighted by molar-refractivity contribution is -0.120. The average molecular weight is 371 g/mol. The Morgan fingerprint density at radius 2 is 1.74 bits per heavy atom. The van der Waals surface area contributed by atoms with E-state index in [1.807, 2.05) is 0 Å². The van der Waals surface area contributed by atoms with E-state index >= 15 is 0 Å². The van der Waals surface area contributed by atoms with Gasteiger partial charge in [-0.3, -0.25) is 9.59 Å². The molecule has 0 atom stereocenters. The molecule has 0 aliphatic heterocycles. The fourth-order valence-corrected chi connectivity index (χ4v) is 2.23. The van der Waals surface area contributed by atoms with Gasteiger partial charge in [-0.25, -0.2) is 5.43 Å². The smallest absolute Gasteiger partial charge is 0.259 e. The summed E-state index contributed by atoms with van der Waals surface area (Å²) in [5.41, 5.74) is 3.41. The van der Waals surface area contributed by atoms with Crippen LogP contribution in [0.25, 0.3) is 0 Å². The van der Waals surface area contributed by atoms with Gasteiger partial charge in [0.1, 0.15) is 5.75 Å². The first-order chi connectivity index (χ1) is 13.1. The highest BCUT2D eigenvalue weighted by molar-refractivity contribution is 5.96. The SMILES string of the molecule is COc1ccc(C(=O)NCC(=O)N/N=C/c2cccc(OC)c2OC)cc1. The standard InChI is InChI=1S/C19H21N3O5/c1-25-15-9-7-13(8-10-15)19(24)20-12-17(23)22-21-11-14-5-4-6-16(26-2)18(14)27-3/h4-11H,12H2,1-3H3,(H,20,24)(H,22,23)/b21-11+. The number of para-hydroxylation sites is 1. The lowest BCUT2D eigenvalue weighted by Gasteiger charge is -2.09. The number of ether oxygens (including phenoxy) is 3. The lowest BCUT2D eigenvalue weighted by atomic mass is 10.2. The third-order valence-electron chi connectivity index (χ3n) is 3.59. The molecule has 142 valence electrons. The van der Waals surface area contributed by atoms with Crippen LogP contribution in [0.2, 0.25) is 0 Å². The summed E-state index contributed by atoms with van der Waals surface area (Å²) < 4.78 is 15.5. The summed E-state index contributed by atoms with van der Waals surface area (Å²) in [5.74, 6) is 0.873. The Hall–Kier alpha value is -3.55. The minimum Gasteiger partial charge on any atom is -0.497 e. The quantitative estimate of drug-likeness (QED) is 0.542. The average Bonchev–Trinajstić information content (AvgIpc) is 2.71. The molecule has 0 aromatic heterocycles. The molecular formula is C19H21N3O5. The van der Waals surface area contributed by atoms with Gasteiger partial charge in [0.2, 0.25) is 0 Å². The molecule has 0 unspecified atom stereocenters. The van der Waals surface area contributed by atoms with E-state index in [1.54, 1.807) is 49.6 Å². The van der Waals surface area contributed by atoms with Gasteiger partial charge in [0.15, 0.2) is 11.5 Å². The van der Waals surface area contributed by atoms with Crippen LogP contribution in [0.15, 0.2) is 47.6 Å². The number of nitrogens with one attached hydrogen (secondary N) is 2. The normalized spacial score (nSPS) is 10.3. The van der Waals surface area contributed by atoms with Gasteiger partial charge in [0.05, 0.1) is 34.1 Å². The second kappa shape index (κ2) is 9.81. The van der Waals surface area contributed by atoms with Crippen LogP contribution < -0.4 is 25.0 Å². The van der Waals surface area contributed by atoms with Crippen LogP contribution in [0.5, 0.6) is 17.2 Å². The van der Waals surface area contributed by atoms with Crippen LogP contribution in [-0.4, -0.2) is 45.9 Å². The van der Waals surface area contributed by atoms with Crippen molar-refractivity contribution in [3.8, 4) is 17.2 Å². The van der Waals surface area contributed by atoms with E-state index in [-0.39, 0.29) is 12.5 Å². The zero-order valence-electron chi connectivity index (χ0n) is 15.3. The van der Waals surface area contributed by atoms with Crippen molar-refractivity contribution >= 4 is 18.0 Å². The largest absolute Gasteiger partial charge is 0.497 e. The summed E-state index contributed by atoms with van der Waals surface area (Å²) in [6, 6.07) is 11.9. The molecule has 2 aromatic carbocycles. The minimum atomic E-state index is -0.463. The molecule has 0 heterocycles. The van der Waals surface area contributed by atoms with E-state index in [4.69, 9.17) is 14.2 Å². The topological polar surface area (TPSA) is 98.2 Å². The van der Waals surface area contributed by atoms with Crippen LogP contribution in [0.3, 0.4) is 0 Å². The number of methoxy groups -OCH3 is 3. The van der Waals surface area contributed by atoms with Gasteiger partial charge in [-0.1, -0.05) is 6.07 Å². The fraction of sp³-hybridized carbons (Fsp3) is 0.211. The van der Waals surface area contributed by atoms with Gasteiger partial charge in [0.25, 0.3) is 11.8 Å². The van der Waals surface area contributed by atoms with Gasteiger partial charge < -0.3 is 19.5 Å². The maximum absolute atomic E-state index is 12.0. The molecule has 2 N–H and O–H groups in total. The number of carbonyl (C=O) groups is 2. The second-order valence-electron chi connectivity index (χ2n) is 5.29. The Bertz CT molecular complexity index is 819. The van der Waals surface area contributed by atoms with E-state index in [1.165, 1.54) is 20.4 Å². The highest BCUT2D eigenvalue weighted by Gasteiger charge is 2.09. The number of benzene rings is 2. The molecule has 2 aromatic rings. The first-order valence-corrected chi connectivity index (χ1v) is 8.04. The molecule has 0 fully saturated rings. The number of rotatable bonds is 8. The van der Waals surface area contributed by atoms with Crippen molar-refractivity contribution in [2.24, 2.45) is 5.10 Å². The fourth-order valence-electron chi connectivity index (χ4n) is 2.23. The predicted octanol–water partition coefficient (Wildman–Crippen LogP) is 1.59. The van der Waals surface area contributed by atoms with Crippen molar-refractivity contribution < 1.29 is 23.8 Å². The maximum Gasteiger partial charge on any atom is 0.259 e. The van der Waals surface area contributed by atoms with Crippen LogP contribution in [0.1, 0.15) is 15.9 Å². The van der Waals surface area contributed by atoms with Gasteiger partial charge >= 0.3 is 0 Å². The zero-order chi connectivity index (χ0) is 19.6. The Balaban J connectivity index is 1.87. The van der Waals surface area contributed by atoms with E-state index in [0.29, 0.717) is 28.4 Å². The summed E-state index contributed by atoms with van der Waals surface area (Å²) in [6.45, 7) is -0.211. The van der Waals surface area contributed by atoms with Crippen molar-refractivity contribution in [2.45, 2.75) is 0 Å². The van der Waals surface area contributed by atoms with E-state index in [0.717, 1.165) is 0 Å². The van der Waals surface area contributed by atoms with Crippen LogP contribution in [-0.2, 0) is 4.79 Å². The number of carbonyl (C=O) groups excluding carboxylic acids is 2. The third-order valence-corrected chi connectivity index (χ3v) is 3.59. The van der Waals surface area contributed by atoms with Crippen molar-refractivity contribution in [2.75, 3.05) is 27.9 Å². The minimum absolute atomic E-state index is 0.211. The Kier molecular flexibility index (Phi) is 7.18. The molecule has 2 rings (SSSR count). The highest BCUT2D eigenvalue weighted by Crippen LogP contribution is 2.29. The molecule has 0 saturated carbocycles. The molecule has 0 aliphatic rings. The van der Waals surface area contributed by atoms with Crippen molar-refractivity contribution in [1.82, 2.24) is 10.7 Å². The number of hydrazone groups is 1. The van der Waals surface area contributed by atoms with Crippen LogP contribution in [0, 0.1) is 0 Å². The summed E-state index contributed by atoms with van der Waals surface area (Å²) in [4.78, 5) is 23.8. The molecule has 8 heteroatoms. The number of amides is 2. The molecule has 0 saturated heterocycles. The molecule has 8 nitrogen and oxygen atoms in total. The zero-order valence-corrected chi connectivity index (χ0v) is 15.3. The predicted molar refractivity (Wildman–Crippen MR) is 101 cm³/mol. The summed E-state index contributed by atoms with van der Waals surface area (Å²) >= 11 is 0. The Morgan fingerprint density at radius 3 is 2.37 bits per heavy atom. The highest BCUT2D eigenvalue weighted by atomic mass is 16.5. The Labute approximate surface area is 157 Å². The van der Waals surface area contributed by atoms with Crippen molar-refractivity contribution in [3.05, 3.63) is 53.6 Å². The monoisotopic (exact) mass is 371 g/mol. The van der Waals surface area contributed by atoms with Crippen molar-refractivity contribution in [3.63, 3.8) is 0 Å². The van der Waals surface area contributed by atoms with Gasteiger partial charge in [-0.05, 0) is 36.4 Å². The maximum atomic E-state index is 12.0. The molecule has 27 heavy (non-hydrogen) atoms. The second-order valence-corrected chi connectivity index (χ2v) is 5.29. The third kappa shape index (κ3) is 5.46. The molecule has 0 spiro atoms. The van der Waals surface area contributed by atoms with Gasteiger partial charge in [-0.15, -0.1) is 0 Å². The molecule has 0 aliphatic carbocycles. The van der Waals surface area contributed by atoms with Gasteiger partial charge in [-0.2, -0.15) is 5.10 Å². The first-order valence-electron chi connectivity index (χ1n) is 8.04.